The average Bonchev–Trinajstić information content (AvgIpc) is 3.02. The van der Waals surface area contributed by atoms with Gasteiger partial charge in [0.15, 0.2) is 0 Å². The first-order chi connectivity index (χ1) is 10.6. The minimum Gasteiger partial charge on any atom is -0.394 e. The summed E-state index contributed by atoms with van der Waals surface area (Å²) in [4.78, 5) is 16.5. The Morgan fingerprint density at radius 1 is 1.32 bits per heavy atom. The van der Waals surface area contributed by atoms with Crippen molar-refractivity contribution >= 4 is 5.91 Å². The molecule has 0 aliphatic carbocycles. The lowest BCUT2D eigenvalue weighted by Gasteiger charge is -2.26. The lowest BCUT2D eigenvalue weighted by atomic mass is 10.1. The highest BCUT2D eigenvalue weighted by atomic mass is 16.3. The minimum atomic E-state index is -0.723. The SMILES string of the molecule is Cc1ccccc1CN1C(=O)C[C@H]2[C@@H]1CCN2CC(O)CO. The van der Waals surface area contributed by atoms with Gasteiger partial charge in [0.2, 0.25) is 5.91 Å². The van der Waals surface area contributed by atoms with E-state index in [1.165, 1.54) is 11.1 Å². The van der Waals surface area contributed by atoms with Crippen LogP contribution >= 0.6 is 0 Å². The second kappa shape index (κ2) is 6.36. The largest absolute Gasteiger partial charge is 0.394 e. The minimum absolute atomic E-state index is 0.178. The number of carbonyl (C=O) groups excluding carboxylic acids is 1. The predicted molar refractivity (Wildman–Crippen MR) is 83.2 cm³/mol. The first-order valence-corrected chi connectivity index (χ1v) is 7.97. The molecule has 0 radical (unpaired) electrons. The quantitative estimate of drug-likeness (QED) is 0.833. The molecule has 0 aromatic heterocycles. The van der Waals surface area contributed by atoms with E-state index in [1.807, 2.05) is 17.0 Å². The van der Waals surface area contributed by atoms with Gasteiger partial charge in [0.05, 0.1) is 12.7 Å². The highest BCUT2D eigenvalue weighted by molar-refractivity contribution is 5.80. The van der Waals surface area contributed by atoms with Gasteiger partial charge in [0.25, 0.3) is 0 Å². The summed E-state index contributed by atoms with van der Waals surface area (Å²) in [6.07, 6.45) is 0.744. The number of rotatable bonds is 5. The van der Waals surface area contributed by atoms with Crippen LogP contribution in [0.2, 0.25) is 0 Å². The standard InChI is InChI=1S/C17H24N2O3/c1-12-4-2-3-5-13(12)9-19-15-6-7-18(10-14(21)11-20)16(15)8-17(19)22/h2-5,14-16,20-21H,6-11H2,1H3/t14?,15-,16-/m0/s1. The normalized spacial score (nSPS) is 26.5. The number of likely N-dealkylation sites (tertiary alicyclic amines) is 2. The molecule has 5 heteroatoms. The van der Waals surface area contributed by atoms with Crippen molar-refractivity contribution in [2.75, 3.05) is 19.7 Å². The molecule has 2 aliphatic heterocycles. The second-order valence-corrected chi connectivity index (χ2v) is 6.41. The Morgan fingerprint density at radius 2 is 2.09 bits per heavy atom. The van der Waals surface area contributed by atoms with Crippen LogP contribution in [0.3, 0.4) is 0 Å². The maximum absolute atomic E-state index is 12.4. The monoisotopic (exact) mass is 304 g/mol. The zero-order valence-corrected chi connectivity index (χ0v) is 13.0. The Balaban J connectivity index is 1.70. The van der Waals surface area contributed by atoms with Gasteiger partial charge in [-0.25, -0.2) is 0 Å². The van der Waals surface area contributed by atoms with E-state index in [9.17, 15) is 9.90 Å². The molecule has 3 rings (SSSR count). The molecule has 22 heavy (non-hydrogen) atoms. The molecule has 5 nitrogen and oxygen atoms in total. The molecule has 120 valence electrons. The molecule has 2 N–H and O–H groups in total. The zero-order chi connectivity index (χ0) is 15.7. The summed E-state index contributed by atoms with van der Waals surface area (Å²) < 4.78 is 0. The fourth-order valence-corrected chi connectivity index (χ4v) is 3.74. The van der Waals surface area contributed by atoms with E-state index in [-0.39, 0.29) is 24.6 Å². The third-order valence-electron chi connectivity index (χ3n) is 4.99. The molecule has 2 heterocycles. The number of fused-ring (bicyclic) bond motifs is 1. The number of hydrogen-bond acceptors (Lipinski definition) is 4. The molecule has 0 saturated carbocycles. The molecular formula is C17H24N2O3. The van der Waals surface area contributed by atoms with Gasteiger partial charge in [0.1, 0.15) is 0 Å². The van der Waals surface area contributed by atoms with Gasteiger partial charge >= 0.3 is 0 Å². The van der Waals surface area contributed by atoms with Gasteiger partial charge in [-0.2, -0.15) is 0 Å². The Hall–Kier alpha value is -1.43. The topological polar surface area (TPSA) is 64.0 Å². The lowest BCUT2D eigenvalue weighted by molar-refractivity contribution is -0.129. The second-order valence-electron chi connectivity index (χ2n) is 6.41. The fraction of sp³-hybridized carbons (Fsp3) is 0.588. The first kappa shape index (κ1) is 15.5. The van der Waals surface area contributed by atoms with Gasteiger partial charge in [-0.3, -0.25) is 9.69 Å². The van der Waals surface area contributed by atoms with E-state index in [0.29, 0.717) is 19.5 Å². The number of β-amino-alcohol motifs (C(OH)–C–C–N with tert-alkyl or cyclic N) is 1. The van der Waals surface area contributed by atoms with Gasteiger partial charge in [-0.05, 0) is 24.5 Å². The summed E-state index contributed by atoms with van der Waals surface area (Å²) in [6.45, 7) is 3.84. The maximum atomic E-state index is 12.4. The van der Waals surface area contributed by atoms with Crippen LogP contribution in [0.4, 0.5) is 0 Å². The number of nitrogens with zero attached hydrogens (tertiary/aromatic N) is 2. The van der Waals surface area contributed by atoms with Gasteiger partial charge < -0.3 is 15.1 Å². The Kier molecular flexibility index (Phi) is 4.47. The van der Waals surface area contributed by atoms with E-state index in [0.717, 1.165) is 13.0 Å². The third-order valence-corrected chi connectivity index (χ3v) is 4.99. The maximum Gasteiger partial charge on any atom is 0.224 e. The molecule has 1 aromatic carbocycles. The molecule has 2 saturated heterocycles. The molecule has 3 atom stereocenters. The number of hydrogen-bond donors (Lipinski definition) is 2. The molecular weight excluding hydrogens is 280 g/mol. The summed E-state index contributed by atoms with van der Waals surface area (Å²) in [5, 5.41) is 18.7. The number of aliphatic hydroxyl groups is 2. The highest BCUT2D eigenvalue weighted by Crippen LogP contribution is 2.33. The molecule has 1 unspecified atom stereocenters. The Bertz CT molecular complexity index is 548. The third kappa shape index (κ3) is 2.89. The summed E-state index contributed by atoms with van der Waals surface area (Å²) >= 11 is 0. The van der Waals surface area contributed by atoms with Crippen molar-refractivity contribution in [3.05, 3.63) is 35.4 Å². The van der Waals surface area contributed by atoms with Crippen LogP contribution in [0.1, 0.15) is 24.0 Å². The van der Waals surface area contributed by atoms with Gasteiger partial charge in [-0.1, -0.05) is 24.3 Å². The summed E-state index contributed by atoms with van der Waals surface area (Å²) in [7, 11) is 0. The molecule has 2 fully saturated rings. The van der Waals surface area contributed by atoms with Crippen molar-refractivity contribution in [3.8, 4) is 0 Å². The van der Waals surface area contributed by atoms with Crippen molar-refractivity contribution in [2.24, 2.45) is 0 Å². The summed E-state index contributed by atoms with van der Waals surface area (Å²) in [5.74, 6) is 0.196. The Morgan fingerprint density at radius 3 is 2.82 bits per heavy atom. The Labute approximate surface area is 131 Å². The van der Waals surface area contributed by atoms with E-state index < -0.39 is 6.10 Å². The van der Waals surface area contributed by atoms with Gasteiger partial charge in [0, 0.05) is 38.1 Å². The first-order valence-electron chi connectivity index (χ1n) is 7.97. The fourth-order valence-electron chi connectivity index (χ4n) is 3.74. The van der Waals surface area contributed by atoms with Crippen LogP contribution in [0.15, 0.2) is 24.3 Å². The van der Waals surface area contributed by atoms with Crippen LogP contribution in [-0.4, -0.2) is 63.8 Å². The van der Waals surface area contributed by atoms with E-state index in [1.54, 1.807) is 0 Å². The molecule has 2 aliphatic rings. The molecule has 1 amide bonds. The lowest BCUT2D eigenvalue weighted by Crippen LogP contribution is -2.40. The van der Waals surface area contributed by atoms with Crippen LogP contribution in [-0.2, 0) is 11.3 Å². The van der Waals surface area contributed by atoms with E-state index >= 15 is 0 Å². The van der Waals surface area contributed by atoms with E-state index in [2.05, 4.69) is 24.0 Å². The molecule has 1 aromatic rings. The number of amides is 1. The van der Waals surface area contributed by atoms with Crippen LogP contribution in [0.5, 0.6) is 0 Å². The highest BCUT2D eigenvalue weighted by Gasteiger charge is 2.46. The van der Waals surface area contributed by atoms with Crippen molar-refractivity contribution in [1.82, 2.24) is 9.80 Å². The number of aryl methyl sites for hydroxylation is 1. The summed E-state index contributed by atoms with van der Waals surface area (Å²) in [5.41, 5.74) is 2.41. The van der Waals surface area contributed by atoms with Crippen molar-refractivity contribution in [3.63, 3.8) is 0 Å². The number of benzene rings is 1. The summed E-state index contributed by atoms with van der Waals surface area (Å²) in [6, 6.07) is 8.60. The van der Waals surface area contributed by atoms with Crippen LogP contribution < -0.4 is 0 Å². The van der Waals surface area contributed by atoms with Crippen molar-refractivity contribution < 1.29 is 15.0 Å². The molecule has 0 bridgehead atoms. The van der Waals surface area contributed by atoms with Crippen molar-refractivity contribution in [2.45, 2.75) is 44.5 Å². The van der Waals surface area contributed by atoms with Crippen molar-refractivity contribution in [1.29, 1.82) is 0 Å². The van der Waals surface area contributed by atoms with Gasteiger partial charge in [-0.15, -0.1) is 0 Å². The number of aliphatic hydroxyl groups excluding tert-OH is 2. The number of carbonyl (C=O) groups is 1. The molecule has 0 spiro atoms. The average molecular weight is 304 g/mol. The van der Waals surface area contributed by atoms with E-state index in [4.69, 9.17) is 5.11 Å². The van der Waals surface area contributed by atoms with Crippen LogP contribution in [0, 0.1) is 6.92 Å². The van der Waals surface area contributed by atoms with Crippen LogP contribution in [0.25, 0.3) is 0 Å². The zero-order valence-electron chi connectivity index (χ0n) is 13.0. The predicted octanol–water partition coefficient (Wildman–Crippen LogP) is 0.523. The smallest absolute Gasteiger partial charge is 0.224 e.